The molecule has 0 amide bonds. The highest BCUT2D eigenvalue weighted by Gasteiger charge is 2.29. The van der Waals surface area contributed by atoms with Crippen LogP contribution in [0.25, 0.3) is 28.1 Å². The number of aryl methyl sites for hydroxylation is 2. The normalized spacial score (nSPS) is 17.2. The molecule has 1 saturated carbocycles. The van der Waals surface area contributed by atoms with Gasteiger partial charge in [-0.2, -0.15) is 10.2 Å². The molecule has 10 heteroatoms. The fourth-order valence-corrected chi connectivity index (χ4v) is 5.77. The van der Waals surface area contributed by atoms with Gasteiger partial charge in [-0.3, -0.25) is 13.8 Å². The third-order valence-electron chi connectivity index (χ3n) is 8.02. The number of halogens is 2. The highest BCUT2D eigenvalue weighted by molar-refractivity contribution is 5.82. The lowest BCUT2D eigenvalue weighted by atomic mass is 10.0. The lowest BCUT2D eigenvalue weighted by Gasteiger charge is -2.21. The minimum absolute atomic E-state index is 0.0548. The molecule has 0 unspecified atom stereocenters. The van der Waals surface area contributed by atoms with Crippen LogP contribution in [0, 0.1) is 31.4 Å². The predicted molar refractivity (Wildman–Crippen MR) is 144 cm³/mol. The largest absolute Gasteiger partial charge is 0.338 e. The van der Waals surface area contributed by atoms with Gasteiger partial charge >= 0.3 is 5.69 Å². The molecule has 5 aromatic rings. The smallest absolute Gasteiger partial charge is 0.310 e. The van der Waals surface area contributed by atoms with E-state index in [9.17, 15) is 9.18 Å². The fraction of sp³-hybridized carbons (Fsp3) is 0.345. The first kappa shape index (κ1) is 24.0. The summed E-state index contributed by atoms with van der Waals surface area (Å²) in [7, 11) is 0. The Morgan fingerprint density at radius 3 is 2.54 bits per heavy atom. The van der Waals surface area contributed by atoms with Crippen molar-refractivity contribution in [1.82, 2.24) is 34.0 Å². The predicted octanol–water partition coefficient (Wildman–Crippen LogP) is 4.68. The van der Waals surface area contributed by atoms with Crippen molar-refractivity contribution in [1.29, 1.82) is 0 Å². The average molecular weight is 530 g/mol. The Bertz CT molecular complexity index is 1800. The summed E-state index contributed by atoms with van der Waals surface area (Å²) in [6.07, 6.45) is 7.81. The third-order valence-corrected chi connectivity index (χ3v) is 8.02. The van der Waals surface area contributed by atoms with Crippen LogP contribution in [0.5, 0.6) is 0 Å². The van der Waals surface area contributed by atoms with Gasteiger partial charge in [-0.05, 0) is 74.9 Å². The van der Waals surface area contributed by atoms with E-state index >= 15 is 4.39 Å². The van der Waals surface area contributed by atoms with E-state index < -0.39 is 11.5 Å². The van der Waals surface area contributed by atoms with Crippen LogP contribution in [0.2, 0.25) is 0 Å². The maximum atomic E-state index is 15.8. The van der Waals surface area contributed by atoms with E-state index in [-0.39, 0.29) is 17.5 Å². The maximum Gasteiger partial charge on any atom is 0.338 e. The quantitative estimate of drug-likeness (QED) is 0.359. The van der Waals surface area contributed by atoms with Crippen LogP contribution in [0.4, 0.5) is 8.78 Å². The van der Waals surface area contributed by atoms with Gasteiger partial charge in [0.2, 0.25) is 0 Å². The van der Waals surface area contributed by atoms with Crippen LogP contribution in [0.1, 0.15) is 48.2 Å². The van der Waals surface area contributed by atoms with Crippen LogP contribution in [-0.2, 0) is 13.0 Å². The number of imidazole rings is 1. The first-order valence-electron chi connectivity index (χ1n) is 13.4. The molecular weight excluding hydrogens is 500 g/mol. The summed E-state index contributed by atoms with van der Waals surface area (Å²) >= 11 is 0. The zero-order chi connectivity index (χ0) is 27.0. The second-order valence-corrected chi connectivity index (χ2v) is 10.8. The number of aromatic nitrogens is 6. The van der Waals surface area contributed by atoms with Gasteiger partial charge in [-0.25, -0.2) is 18.3 Å². The molecule has 0 saturated heterocycles. The Balaban J connectivity index is 1.39. The van der Waals surface area contributed by atoms with Crippen LogP contribution >= 0.6 is 0 Å². The Morgan fingerprint density at radius 2 is 1.79 bits per heavy atom. The molecule has 1 aliphatic carbocycles. The van der Waals surface area contributed by atoms with Gasteiger partial charge in [0, 0.05) is 43.5 Å². The lowest BCUT2D eigenvalue weighted by Crippen LogP contribution is -2.30. The fourth-order valence-electron chi connectivity index (χ4n) is 5.77. The van der Waals surface area contributed by atoms with Gasteiger partial charge in [-0.15, -0.1) is 0 Å². The maximum absolute atomic E-state index is 15.8. The number of hydrogen-bond acceptors (Lipinski definition) is 4. The Hall–Kier alpha value is -4.05. The summed E-state index contributed by atoms with van der Waals surface area (Å²) < 4.78 is 36.6. The number of benzene rings is 2. The summed E-state index contributed by atoms with van der Waals surface area (Å²) in [6.45, 7) is 7.01. The van der Waals surface area contributed by atoms with Crippen molar-refractivity contribution < 1.29 is 8.78 Å². The number of nitrogens with zero attached hydrogens (tertiary/aromatic N) is 6. The van der Waals surface area contributed by atoms with Crippen molar-refractivity contribution in [2.75, 3.05) is 6.54 Å². The summed E-state index contributed by atoms with van der Waals surface area (Å²) in [5, 5.41) is 13.1. The van der Waals surface area contributed by atoms with Crippen molar-refractivity contribution in [2.45, 2.75) is 52.6 Å². The molecule has 8 nitrogen and oxygen atoms in total. The molecule has 0 spiro atoms. The van der Waals surface area contributed by atoms with Crippen LogP contribution in [0.3, 0.4) is 0 Å². The van der Waals surface area contributed by atoms with Crippen LogP contribution in [0.15, 0.2) is 47.7 Å². The summed E-state index contributed by atoms with van der Waals surface area (Å²) in [5.74, 6) is 0.429. The van der Waals surface area contributed by atoms with Crippen molar-refractivity contribution >= 4 is 10.9 Å². The molecule has 2 aromatic carbocycles. The highest BCUT2D eigenvalue weighted by Crippen LogP contribution is 2.33. The minimum atomic E-state index is -0.482. The van der Waals surface area contributed by atoms with Crippen molar-refractivity contribution in [2.24, 2.45) is 5.92 Å². The molecule has 4 heterocycles. The SMILES string of the molecule is Cc1cc(-n2nc3c(c2-n2ccn(-c4ccc5c(cnn5CC5CC5)c4F)c2=O)[C@H](C)NCC3)cc(C)c1F. The molecule has 3 aromatic heterocycles. The van der Waals surface area contributed by atoms with Crippen molar-refractivity contribution in [3.63, 3.8) is 0 Å². The summed E-state index contributed by atoms with van der Waals surface area (Å²) in [4.78, 5) is 13.9. The zero-order valence-corrected chi connectivity index (χ0v) is 22.1. The number of rotatable bonds is 5. The molecule has 0 radical (unpaired) electrons. The zero-order valence-electron chi connectivity index (χ0n) is 22.1. The Labute approximate surface area is 223 Å². The monoisotopic (exact) mass is 529 g/mol. The molecule has 39 heavy (non-hydrogen) atoms. The molecule has 200 valence electrons. The molecule has 2 aliphatic rings. The molecule has 1 aliphatic heterocycles. The first-order valence-corrected chi connectivity index (χ1v) is 13.4. The second kappa shape index (κ2) is 8.74. The number of hydrogen-bond donors (Lipinski definition) is 1. The minimum Gasteiger partial charge on any atom is -0.310 e. The topological polar surface area (TPSA) is 74.6 Å². The van der Waals surface area contributed by atoms with E-state index in [0.29, 0.717) is 40.4 Å². The van der Waals surface area contributed by atoms with Crippen molar-refractivity contribution in [3.8, 4) is 17.2 Å². The van der Waals surface area contributed by atoms with E-state index in [1.807, 2.05) is 17.7 Å². The van der Waals surface area contributed by atoms with Gasteiger partial charge in [-0.1, -0.05) is 0 Å². The molecule has 1 N–H and O–H groups in total. The number of fused-ring (bicyclic) bond motifs is 2. The highest BCUT2D eigenvalue weighted by atomic mass is 19.1. The standard InChI is InChI=1S/C29H29F2N7O/c1-16-12-20(13-17(2)26(16)30)38-28(25-18(3)32-9-8-22(25)34-38)36-11-10-35(29(36)39)24-7-6-23-21(27(24)31)14-33-37(23)15-19-4-5-19/h6-7,10-14,18-19,32H,4-5,8-9,15H2,1-3H3/t18-/m0/s1. The molecule has 1 atom stereocenters. The molecule has 7 rings (SSSR count). The van der Waals surface area contributed by atoms with Gasteiger partial charge in [0.25, 0.3) is 0 Å². The third kappa shape index (κ3) is 3.76. The van der Waals surface area contributed by atoms with E-state index in [4.69, 9.17) is 5.10 Å². The van der Waals surface area contributed by atoms with Crippen LogP contribution < -0.4 is 11.0 Å². The molecule has 1 fully saturated rings. The second-order valence-electron chi connectivity index (χ2n) is 10.8. The van der Waals surface area contributed by atoms with Crippen LogP contribution in [-0.4, -0.2) is 35.2 Å². The van der Waals surface area contributed by atoms with Crippen molar-refractivity contribution in [3.05, 3.63) is 87.4 Å². The van der Waals surface area contributed by atoms with E-state index in [0.717, 1.165) is 29.9 Å². The molecule has 0 bridgehead atoms. The van der Waals surface area contributed by atoms with Gasteiger partial charge in [0.15, 0.2) is 5.82 Å². The Kier molecular flexibility index (Phi) is 5.38. The lowest BCUT2D eigenvalue weighted by molar-refractivity contribution is 0.536. The number of nitrogens with one attached hydrogen (secondary N) is 1. The van der Waals surface area contributed by atoms with E-state index in [1.54, 1.807) is 49.1 Å². The first-order chi connectivity index (χ1) is 18.8. The summed E-state index contributed by atoms with van der Waals surface area (Å²) in [6, 6.07) is 6.88. The van der Waals surface area contributed by atoms with Gasteiger partial charge in [0.1, 0.15) is 11.6 Å². The van der Waals surface area contributed by atoms with E-state index in [2.05, 4.69) is 10.4 Å². The van der Waals surface area contributed by atoms with E-state index in [1.165, 1.54) is 28.2 Å². The van der Waals surface area contributed by atoms with Gasteiger partial charge < -0.3 is 5.32 Å². The van der Waals surface area contributed by atoms with Gasteiger partial charge in [0.05, 0.1) is 34.2 Å². The average Bonchev–Trinajstić information content (AvgIpc) is 3.32. The Morgan fingerprint density at radius 1 is 1.05 bits per heavy atom. The summed E-state index contributed by atoms with van der Waals surface area (Å²) in [5.41, 5.74) is 3.91. The molecular formula is C29H29F2N7O.